The minimum atomic E-state index is -0.888. The molecule has 1 aromatic heterocycles. The van der Waals surface area contributed by atoms with Crippen molar-refractivity contribution in [2.45, 2.75) is 119 Å². The minimum absolute atomic E-state index is 0.0301. The third-order valence-corrected chi connectivity index (χ3v) is 18.4. The Morgan fingerprint density at radius 3 is 1.85 bits per heavy atom. The summed E-state index contributed by atoms with van der Waals surface area (Å²) in [5.41, 5.74) is 1.42. The summed E-state index contributed by atoms with van der Waals surface area (Å²) in [7, 11) is 0. The Balaban J connectivity index is 0.000000155. The molecule has 8 atom stereocenters. The highest BCUT2D eigenvalue weighted by atomic mass is 17.2. The lowest BCUT2D eigenvalue weighted by atomic mass is 9.33. The van der Waals surface area contributed by atoms with E-state index in [1.54, 1.807) is 60.7 Å². The molecule has 0 amide bonds. The van der Waals surface area contributed by atoms with Gasteiger partial charge in [-0.2, -0.15) is 0 Å². The van der Waals surface area contributed by atoms with Crippen LogP contribution in [0.3, 0.4) is 0 Å². The van der Waals surface area contributed by atoms with Crippen LogP contribution in [0.15, 0.2) is 112 Å². The normalized spacial score (nSPS) is 29.3. The molecule has 1 heterocycles. The van der Waals surface area contributed by atoms with Crippen molar-refractivity contribution >= 4 is 28.9 Å². The lowest BCUT2D eigenvalue weighted by Gasteiger charge is -2.71. The van der Waals surface area contributed by atoms with Crippen molar-refractivity contribution in [3.63, 3.8) is 0 Å². The summed E-state index contributed by atoms with van der Waals surface area (Å²) in [6, 6.07) is 22.2. The summed E-state index contributed by atoms with van der Waals surface area (Å²) in [5, 5.41) is 69.0. The molecule has 4 aromatic carbocycles. The summed E-state index contributed by atoms with van der Waals surface area (Å²) in [6.07, 6.45) is 12.6. The van der Waals surface area contributed by atoms with E-state index in [9.17, 15) is 54.9 Å². The molecule has 5 aromatic rings. The summed E-state index contributed by atoms with van der Waals surface area (Å²) < 4.78 is 5.35. The topological polar surface area (TPSA) is 241 Å². The molecule has 5 aliphatic rings. The van der Waals surface area contributed by atoms with Gasteiger partial charge in [-0.25, -0.2) is 19.4 Å². The number of phenolic OH excluding ortho intramolecular Hbond substituents is 4. The second-order valence-electron chi connectivity index (χ2n) is 23.2. The van der Waals surface area contributed by atoms with Crippen LogP contribution in [0.5, 0.6) is 28.7 Å². The number of carbonyl (C=O) groups is 3. The largest absolute Gasteiger partial charge is 0.508 e. The van der Waals surface area contributed by atoms with Gasteiger partial charge in [-0.15, -0.1) is 0 Å². The molecular formula is C59H68O14. The van der Waals surface area contributed by atoms with Crippen molar-refractivity contribution in [2.75, 3.05) is 0 Å². The molecule has 73 heavy (non-hydrogen) atoms. The van der Waals surface area contributed by atoms with Crippen molar-refractivity contribution in [3.05, 3.63) is 124 Å². The lowest BCUT2D eigenvalue weighted by Crippen LogP contribution is -2.65. The molecule has 0 unspecified atom stereocenters. The van der Waals surface area contributed by atoms with Gasteiger partial charge in [-0.3, -0.25) is 9.59 Å². The summed E-state index contributed by atoms with van der Waals surface area (Å²) >= 11 is 0. The number of allylic oxidation sites excluding steroid dienone is 2. The van der Waals surface area contributed by atoms with Crippen molar-refractivity contribution < 1.29 is 64.3 Å². The van der Waals surface area contributed by atoms with E-state index in [0.717, 1.165) is 75.6 Å². The van der Waals surface area contributed by atoms with Crippen molar-refractivity contribution in [3.8, 4) is 40.1 Å². The third kappa shape index (κ3) is 9.21. The van der Waals surface area contributed by atoms with Crippen molar-refractivity contribution in [1.82, 2.24) is 0 Å². The molecule has 7 N–H and O–H groups in total. The van der Waals surface area contributed by atoms with Crippen LogP contribution < -0.4 is 5.43 Å². The first kappa shape index (κ1) is 52.5. The molecule has 10 rings (SSSR count). The van der Waals surface area contributed by atoms with Gasteiger partial charge in [0.05, 0.1) is 22.6 Å². The van der Waals surface area contributed by atoms with Crippen LogP contribution in [-0.4, -0.2) is 59.8 Å². The highest BCUT2D eigenvalue weighted by Gasteiger charge is 2.69. The lowest BCUT2D eigenvalue weighted by molar-refractivity contribution is -0.205. The predicted molar refractivity (Wildman–Crippen MR) is 273 cm³/mol. The fourth-order valence-corrected chi connectivity index (χ4v) is 14.1. The fourth-order valence-electron chi connectivity index (χ4n) is 14.1. The van der Waals surface area contributed by atoms with Crippen LogP contribution >= 0.6 is 0 Å². The van der Waals surface area contributed by atoms with Crippen LogP contribution in [0.1, 0.15) is 133 Å². The fraction of sp³-hybridized carbons (Fsp3) is 0.458. The number of rotatable bonds is 4. The molecule has 0 saturated heterocycles. The number of aliphatic carboxylic acids is 1. The zero-order chi connectivity index (χ0) is 53.1. The maximum absolute atomic E-state index is 12.8. The Kier molecular flexibility index (Phi) is 13.8. The van der Waals surface area contributed by atoms with E-state index in [1.165, 1.54) is 24.5 Å². The number of aromatic hydroxyl groups is 5. The smallest absolute Gasteiger partial charge is 0.386 e. The third-order valence-electron chi connectivity index (χ3n) is 18.4. The van der Waals surface area contributed by atoms with E-state index >= 15 is 0 Å². The van der Waals surface area contributed by atoms with Crippen LogP contribution in [-0.2, 0) is 14.6 Å². The number of carbonyl (C=O) groups excluding carboxylic acids is 2. The standard InChI is InChI=1S/C30H48O3.C15H10O7.C14H10O4/c1-25(2)14-16-30(24(32)33)17-15-28(6)19(20(30)18-25)8-9-22-27(5)12-11-23(31)26(3,4)21(27)10-13-29(22,28)7;16-7-4-10(19)12-11(5-7)22-15(14(21)13(12)20)6-1-2-8(17)9(18)3-6;15-13(11-7-3-1-4-8-11)17-18-14(16)12-9-5-2-6-10-12/h8,20-23,31H,9-18H2,1-7H3,(H,32,33);1-5,16-19,21H;1-10H/t20-,21-,22+,23-,27-,28+,29+,30-;;/m0../s1. The Hall–Kier alpha value is -6.80. The van der Waals surface area contributed by atoms with E-state index in [2.05, 4.69) is 64.3 Å². The minimum Gasteiger partial charge on any atom is -0.508 e. The SMILES string of the molecule is CC1(C)CC[C@]2(C(=O)O)CC[C@]3(C)C(=CC[C@@H]4[C@@]5(C)CC[C@H](O)C(C)(C)[C@@H]5CC[C@]43C)[C@@H]2C1.O=C(OOC(=O)c1ccccc1)c1ccccc1.O=c1c(O)c(-c2ccc(O)c(O)c2)oc2cc(O)cc(O)c12. The second-order valence-corrected chi connectivity index (χ2v) is 23.2. The molecule has 0 spiro atoms. The molecule has 0 radical (unpaired) electrons. The van der Waals surface area contributed by atoms with Crippen LogP contribution in [0.25, 0.3) is 22.3 Å². The maximum atomic E-state index is 12.8. The maximum Gasteiger partial charge on any atom is 0.386 e. The predicted octanol–water partition coefficient (Wildman–Crippen LogP) is 11.8. The number of hydrogen-bond donors (Lipinski definition) is 7. The molecule has 4 saturated carbocycles. The van der Waals surface area contributed by atoms with Crippen molar-refractivity contribution in [1.29, 1.82) is 0 Å². The Morgan fingerprint density at radius 2 is 1.26 bits per heavy atom. The number of carboxylic acid groups (broad SMARTS) is 1. The highest BCUT2D eigenvalue weighted by molar-refractivity contribution is 5.92. The molecule has 0 aliphatic heterocycles. The zero-order valence-corrected chi connectivity index (χ0v) is 42.6. The highest BCUT2D eigenvalue weighted by Crippen LogP contribution is 2.75. The molecule has 14 heteroatoms. The summed E-state index contributed by atoms with van der Waals surface area (Å²) in [5.74, 6) is -3.32. The van der Waals surface area contributed by atoms with Crippen molar-refractivity contribution in [2.24, 2.45) is 50.2 Å². The van der Waals surface area contributed by atoms with Crippen LogP contribution in [0, 0.1) is 50.2 Å². The molecule has 4 fully saturated rings. The van der Waals surface area contributed by atoms with Crippen LogP contribution in [0.2, 0.25) is 0 Å². The van der Waals surface area contributed by atoms with Gasteiger partial charge in [0.25, 0.3) is 0 Å². The average molecular weight is 1000 g/mol. The first-order valence-corrected chi connectivity index (χ1v) is 25.2. The zero-order valence-electron chi connectivity index (χ0n) is 42.6. The molecule has 388 valence electrons. The summed E-state index contributed by atoms with van der Waals surface area (Å²) in [4.78, 5) is 56.8. The number of carboxylic acids is 1. The first-order chi connectivity index (χ1) is 34.3. The summed E-state index contributed by atoms with van der Waals surface area (Å²) in [6.45, 7) is 16.9. The first-order valence-electron chi connectivity index (χ1n) is 25.2. The number of benzene rings is 4. The Morgan fingerprint density at radius 1 is 0.658 bits per heavy atom. The molecule has 14 nitrogen and oxygen atoms in total. The van der Waals surface area contributed by atoms with Gasteiger partial charge in [0.15, 0.2) is 17.3 Å². The van der Waals surface area contributed by atoms with Gasteiger partial charge < -0.3 is 40.2 Å². The number of hydrogen-bond acceptors (Lipinski definition) is 13. The quantitative estimate of drug-likeness (QED) is 0.0384. The Labute approximate surface area is 424 Å². The van der Waals surface area contributed by atoms with Gasteiger partial charge in [0.2, 0.25) is 11.2 Å². The van der Waals surface area contributed by atoms with Gasteiger partial charge >= 0.3 is 17.9 Å². The molecule has 0 bridgehead atoms. The van der Waals surface area contributed by atoms with Gasteiger partial charge in [0.1, 0.15) is 22.5 Å². The van der Waals surface area contributed by atoms with Gasteiger partial charge in [-0.1, -0.05) is 96.5 Å². The van der Waals surface area contributed by atoms with Crippen LogP contribution in [0.4, 0.5) is 0 Å². The van der Waals surface area contributed by atoms with E-state index < -0.39 is 46.0 Å². The monoisotopic (exact) mass is 1000 g/mol. The second kappa shape index (κ2) is 19.2. The van der Waals surface area contributed by atoms with Gasteiger partial charge in [0, 0.05) is 17.7 Å². The van der Waals surface area contributed by atoms with E-state index in [0.29, 0.717) is 23.0 Å². The number of phenols is 4. The van der Waals surface area contributed by atoms with Gasteiger partial charge in [-0.05, 0) is 152 Å². The number of aliphatic hydroxyl groups is 1. The molecule has 5 aliphatic carbocycles. The van der Waals surface area contributed by atoms with E-state index in [4.69, 9.17) is 4.42 Å². The Bertz CT molecular complexity index is 2960. The number of fused-ring (bicyclic) bond motifs is 8. The molecular weight excluding hydrogens is 933 g/mol. The number of aliphatic hydroxyl groups excluding tert-OH is 1. The average Bonchev–Trinajstić information content (AvgIpc) is 3.34. The van der Waals surface area contributed by atoms with E-state index in [-0.39, 0.29) is 72.9 Å². The van der Waals surface area contributed by atoms with E-state index in [1.807, 2.05) is 0 Å².